The molecule has 1 saturated heterocycles. The lowest BCUT2D eigenvalue weighted by Gasteiger charge is -2.26. The molecule has 1 aromatic carbocycles. The lowest BCUT2D eigenvalue weighted by Crippen LogP contribution is -2.34. The molecule has 4 heteroatoms. The summed E-state index contributed by atoms with van der Waals surface area (Å²) in [6.45, 7) is 4.57. The maximum Gasteiger partial charge on any atom is 0.260 e. The SMILES string of the molecule is Cc1ccc(C(=O)N2CCCC2c2ccccc2C)c(=O)[nH]1. The summed E-state index contributed by atoms with van der Waals surface area (Å²) in [7, 11) is 0. The molecule has 114 valence electrons. The van der Waals surface area contributed by atoms with Gasteiger partial charge in [-0.1, -0.05) is 24.3 Å². The number of aromatic amines is 1. The number of H-pyrrole nitrogens is 1. The molecule has 0 spiro atoms. The Morgan fingerprint density at radius 3 is 2.68 bits per heavy atom. The van der Waals surface area contributed by atoms with Crippen molar-refractivity contribution in [3.05, 3.63) is 69.1 Å². The van der Waals surface area contributed by atoms with E-state index in [2.05, 4.69) is 24.0 Å². The van der Waals surface area contributed by atoms with E-state index in [9.17, 15) is 9.59 Å². The number of likely N-dealkylation sites (tertiary alicyclic amines) is 1. The Labute approximate surface area is 129 Å². The van der Waals surface area contributed by atoms with Crippen molar-refractivity contribution < 1.29 is 4.79 Å². The number of amides is 1. The van der Waals surface area contributed by atoms with Crippen LogP contribution in [0.25, 0.3) is 0 Å². The minimum atomic E-state index is -0.305. The van der Waals surface area contributed by atoms with Gasteiger partial charge in [-0.15, -0.1) is 0 Å². The summed E-state index contributed by atoms with van der Waals surface area (Å²) in [5.74, 6) is -0.174. The van der Waals surface area contributed by atoms with E-state index in [0.29, 0.717) is 6.54 Å². The van der Waals surface area contributed by atoms with Crippen LogP contribution in [0.3, 0.4) is 0 Å². The smallest absolute Gasteiger partial charge is 0.260 e. The molecule has 1 aromatic heterocycles. The van der Waals surface area contributed by atoms with Crippen LogP contribution in [0.15, 0.2) is 41.2 Å². The van der Waals surface area contributed by atoms with E-state index in [4.69, 9.17) is 0 Å². The number of rotatable bonds is 2. The van der Waals surface area contributed by atoms with Gasteiger partial charge in [0.05, 0.1) is 6.04 Å². The lowest BCUT2D eigenvalue weighted by molar-refractivity contribution is 0.0733. The predicted molar refractivity (Wildman–Crippen MR) is 86.0 cm³/mol. The van der Waals surface area contributed by atoms with Crippen LogP contribution in [0.4, 0.5) is 0 Å². The number of aromatic nitrogens is 1. The summed E-state index contributed by atoms with van der Waals surface area (Å²) < 4.78 is 0. The predicted octanol–water partition coefficient (Wildman–Crippen LogP) is 2.97. The highest BCUT2D eigenvalue weighted by molar-refractivity contribution is 5.94. The van der Waals surface area contributed by atoms with E-state index in [-0.39, 0.29) is 23.1 Å². The summed E-state index contributed by atoms with van der Waals surface area (Å²) in [6.07, 6.45) is 1.91. The van der Waals surface area contributed by atoms with Crippen molar-refractivity contribution >= 4 is 5.91 Å². The highest BCUT2D eigenvalue weighted by atomic mass is 16.2. The molecule has 1 aliphatic heterocycles. The van der Waals surface area contributed by atoms with Gasteiger partial charge < -0.3 is 9.88 Å². The van der Waals surface area contributed by atoms with Gasteiger partial charge in [-0.3, -0.25) is 9.59 Å². The molecule has 1 fully saturated rings. The number of pyridine rings is 1. The molecule has 0 saturated carbocycles. The summed E-state index contributed by atoms with van der Waals surface area (Å²) >= 11 is 0. The maximum atomic E-state index is 12.8. The summed E-state index contributed by atoms with van der Waals surface area (Å²) in [5, 5.41) is 0. The van der Waals surface area contributed by atoms with Crippen molar-refractivity contribution in [3.8, 4) is 0 Å². The Hall–Kier alpha value is -2.36. The van der Waals surface area contributed by atoms with E-state index in [0.717, 1.165) is 18.5 Å². The van der Waals surface area contributed by atoms with Crippen LogP contribution in [0.2, 0.25) is 0 Å². The monoisotopic (exact) mass is 296 g/mol. The molecule has 0 bridgehead atoms. The van der Waals surface area contributed by atoms with E-state index in [1.807, 2.05) is 24.0 Å². The van der Waals surface area contributed by atoms with Gasteiger partial charge in [0.25, 0.3) is 11.5 Å². The fraction of sp³-hybridized carbons (Fsp3) is 0.333. The Bertz CT molecular complexity index is 764. The van der Waals surface area contributed by atoms with Crippen molar-refractivity contribution in [1.29, 1.82) is 0 Å². The first-order valence-electron chi connectivity index (χ1n) is 7.64. The van der Waals surface area contributed by atoms with Gasteiger partial charge in [0.1, 0.15) is 5.56 Å². The summed E-state index contributed by atoms with van der Waals surface area (Å²) in [4.78, 5) is 29.4. The van der Waals surface area contributed by atoms with Crippen molar-refractivity contribution in [2.75, 3.05) is 6.54 Å². The number of nitrogens with zero attached hydrogens (tertiary/aromatic N) is 1. The zero-order valence-corrected chi connectivity index (χ0v) is 12.9. The number of hydrogen-bond donors (Lipinski definition) is 1. The molecule has 2 heterocycles. The van der Waals surface area contributed by atoms with E-state index < -0.39 is 0 Å². The highest BCUT2D eigenvalue weighted by Gasteiger charge is 2.32. The van der Waals surface area contributed by atoms with Crippen molar-refractivity contribution in [2.45, 2.75) is 32.7 Å². The molecule has 1 atom stereocenters. The van der Waals surface area contributed by atoms with Crippen molar-refractivity contribution in [3.63, 3.8) is 0 Å². The van der Waals surface area contributed by atoms with Crippen LogP contribution >= 0.6 is 0 Å². The number of benzene rings is 1. The minimum Gasteiger partial charge on any atom is -0.331 e. The van der Waals surface area contributed by atoms with E-state index >= 15 is 0 Å². The molecular weight excluding hydrogens is 276 g/mol. The second kappa shape index (κ2) is 5.79. The Morgan fingerprint density at radius 1 is 1.18 bits per heavy atom. The maximum absolute atomic E-state index is 12.8. The number of carbonyl (C=O) groups is 1. The van der Waals surface area contributed by atoms with Crippen LogP contribution < -0.4 is 5.56 Å². The third-order valence-corrected chi connectivity index (χ3v) is 4.35. The van der Waals surface area contributed by atoms with Crippen molar-refractivity contribution in [1.82, 2.24) is 9.88 Å². The van der Waals surface area contributed by atoms with Crippen LogP contribution in [0.1, 0.15) is 46.1 Å². The zero-order valence-electron chi connectivity index (χ0n) is 12.9. The third-order valence-electron chi connectivity index (χ3n) is 4.35. The second-order valence-electron chi connectivity index (χ2n) is 5.90. The zero-order chi connectivity index (χ0) is 15.7. The van der Waals surface area contributed by atoms with Crippen LogP contribution in [-0.4, -0.2) is 22.3 Å². The molecule has 1 N–H and O–H groups in total. The standard InChI is InChI=1S/C18H20N2O2/c1-12-6-3-4-7-14(12)16-8-5-11-20(16)18(22)15-10-9-13(2)19-17(15)21/h3-4,6-7,9-10,16H,5,8,11H2,1-2H3,(H,19,21). The fourth-order valence-electron chi connectivity index (χ4n) is 3.19. The van der Waals surface area contributed by atoms with Crippen LogP contribution in [0.5, 0.6) is 0 Å². The first-order chi connectivity index (χ1) is 10.6. The highest BCUT2D eigenvalue weighted by Crippen LogP contribution is 2.34. The average molecular weight is 296 g/mol. The molecule has 2 aromatic rings. The summed E-state index contributed by atoms with van der Waals surface area (Å²) in [5.41, 5.74) is 3.05. The number of nitrogens with one attached hydrogen (secondary N) is 1. The normalized spacial score (nSPS) is 17.7. The third kappa shape index (κ3) is 2.56. The van der Waals surface area contributed by atoms with Gasteiger partial charge in [-0.25, -0.2) is 0 Å². The summed E-state index contributed by atoms with van der Waals surface area (Å²) in [6, 6.07) is 11.6. The van der Waals surface area contributed by atoms with Gasteiger partial charge in [0.15, 0.2) is 0 Å². The number of hydrogen-bond acceptors (Lipinski definition) is 2. The van der Waals surface area contributed by atoms with Gasteiger partial charge >= 0.3 is 0 Å². The van der Waals surface area contributed by atoms with Crippen molar-refractivity contribution in [2.24, 2.45) is 0 Å². The Morgan fingerprint density at radius 2 is 1.95 bits per heavy atom. The van der Waals surface area contributed by atoms with Crippen LogP contribution in [0, 0.1) is 13.8 Å². The van der Waals surface area contributed by atoms with Crippen LogP contribution in [-0.2, 0) is 0 Å². The minimum absolute atomic E-state index is 0.0643. The average Bonchev–Trinajstić information content (AvgIpc) is 2.96. The first-order valence-corrected chi connectivity index (χ1v) is 7.64. The Balaban J connectivity index is 1.95. The Kier molecular flexibility index (Phi) is 3.84. The molecule has 3 rings (SSSR count). The molecule has 1 aliphatic rings. The number of aryl methyl sites for hydroxylation is 2. The fourth-order valence-corrected chi connectivity index (χ4v) is 3.19. The topological polar surface area (TPSA) is 53.2 Å². The molecule has 22 heavy (non-hydrogen) atoms. The van der Waals surface area contributed by atoms with E-state index in [1.165, 1.54) is 11.1 Å². The quantitative estimate of drug-likeness (QED) is 0.926. The molecule has 1 unspecified atom stereocenters. The molecule has 1 amide bonds. The lowest BCUT2D eigenvalue weighted by atomic mass is 9.99. The molecular formula is C18H20N2O2. The molecule has 0 aliphatic carbocycles. The van der Waals surface area contributed by atoms with Gasteiger partial charge in [-0.05, 0) is 49.9 Å². The van der Waals surface area contributed by atoms with Gasteiger partial charge in [-0.2, -0.15) is 0 Å². The first kappa shape index (κ1) is 14.6. The van der Waals surface area contributed by atoms with E-state index in [1.54, 1.807) is 12.1 Å². The van der Waals surface area contributed by atoms with Gasteiger partial charge in [0, 0.05) is 12.2 Å². The molecule has 0 radical (unpaired) electrons. The molecule has 4 nitrogen and oxygen atoms in total. The number of carbonyl (C=O) groups excluding carboxylic acids is 1. The largest absolute Gasteiger partial charge is 0.331 e. The second-order valence-corrected chi connectivity index (χ2v) is 5.90. The van der Waals surface area contributed by atoms with Gasteiger partial charge in [0.2, 0.25) is 0 Å².